The SMILES string of the molecule is c1cncc(OC2CSC3(CNC3)C2)c1. The predicted molar refractivity (Wildman–Crippen MR) is 61.3 cm³/mol. The molecule has 1 atom stereocenters. The molecule has 15 heavy (non-hydrogen) atoms. The van der Waals surface area contributed by atoms with Crippen molar-refractivity contribution in [3.63, 3.8) is 0 Å². The maximum atomic E-state index is 5.90. The summed E-state index contributed by atoms with van der Waals surface area (Å²) in [6.07, 6.45) is 5.09. The summed E-state index contributed by atoms with van der Waals surface area (Å²) < 4.78 is 6.37. The summed E-state index contributed by atoms with van der Waals surface area (Å²) >= 11 is 2.05. The topological polar surface area (TPSA) is 34.1 Å². The van der Waals surface area contributed by atoms with Crippen molar-refractivity contribution in [1.29, 1.82) is 0 Å². The molecule has 2 fully saturated rings. The molecule has 4 heteroatoms. The number of rotatable bonds is 2. The number of thioether (sulfide) groups is 1. The average Bonchev–Trinajstić information content (AvgIpc) is 2.63. The summed E-state index contributed by atoms with van der Waals surface area (Å²) in [5.41, 5.74) is 0. The third-order valence-electron chi connectivity index (χ3n) is 3.01. The maximum Gasteiger partial charge on any atom is 0.138 e. The van der Waals surface area contributed by atoms with Crippen molar-refractivity contribution in [2.75, 3.05) is 18.8 Å². The van der Waals surface area contributed by atoms with Gasteiger partial charge in [0.15, 0.2) is 0 Å². The Bertz CT molecular complexity index is 340. The molecular formula is C11H14N2OS. The van der Waals surface area contributed by atoms with Crippen molar-refractivity contribution >= 4 is 11.8 Å². The van der Waals surface area contributed by atoms with Gasteiger partial charge in [-0.05, 0) is 12.1 Å². The minimum absolute atomic E-state index is 0.362. The van der Waals surface area contributed by atoms with Crippen LogP contribution in [-0.2, 0) is 0 Å². The van der Waals surface area contributed by atoms with Gasteiger partial charge in [-0.3, -0.25) is 4.98 Å². The minimum Gasteiger partial charge on any atom is -0.488 e. The first-order chi connectivity index (χ1) is 7.36. The Morgan fingerprint density at radius 2 is 2.47 bits per heavy atom. The molecule has 1 N–H and O–H groups in total. The lowest BCUT2D eigenvalue weighted by atomic mass is 9.96. The fraction of sp³-hybridized carbons (Fsp3) is 0.545. The number of pyridine rings is 1. The largest absolute Gasteiger partial charge is 0.488 e. The molecule has 3 nitrogen and oxygen atoms in total. The van der Waals surface area contributed by atoms with E-state index in [-0.39, 0.29) is 0 Å². The molecule has 1 aromatic rings. The van der Waals surface area contributed by atoms with Crippen molar-refractivity contribution in [3.8, 4) is 5.75 Å². The number of ether oxygens (including phenoxy) is 1. The summed E-state index contributed by atoms with van der Waals surface area (Å²) in [6.45, 7) is 2.29. The van der Waals surface area contributed by atoms with E-state index < -0.39 is 0 Å². The molecule has 3 heterocycles. The zero-order valence-electron chi connectivity index (χ0n) is 8.48. The monoisotopic (exact) mass is 222 g/mol. The molecule has 0 radical (unpaired) electrons. The summed E-state index contributed by atoms with van der Waals surface area (Å²) in [5, 5.41) is 3.34. The van der Waals surface area contributed by atoms with Gasteiger partial charge >= 0.3 is 0 Å². The van der Waals surface area contributed by atoms with Gasteiger partial charge in [0.2, 0.25) is 0 Å². The lowest BCUT2D eigenvalue weighted by Crippen LogP contribution is -2.56. The number of hydrogen-bond donors (Lipinski definition) is 1. The number of nitrogens with zero attached hydrogens (tertiary/aromatic N) is 1. The summed E-state index contributed by atoms with van der Waals surface area (Å²) in [7, 11) is 0. The Hall–Kier alpha value is -0.740. The molecule has 2 aliphatic rings. The zero-order chi connectivity index (χ0) is 10.1. The van der Waals surface area contributed by atoms with Crippen LogP contribution in [0.25, 0.3) is 0 Å². The molecule has 1 unspecified atom stereocenters. The van der Waals surface area contributed by atoms with E-state index in [0.717, 1.165) is 24.6 Å². The predicted octanol–water partition coefficient (Wildman–Crippen LogP) is 1.31. The molecule has 1 aromatic heterocycles. The molecular weight excluding hydrogens is 208 g/mol. The maximum absolute atomic E-state index is 5.90. The average molecular weight is 222 g/mol. The minimum atomic E-state index is 0.362. The van der Waals surface area contributed by atoms with Gasteiger partial charge in [-0.15, -0.1) is 11.8 Å². The van der Waals surface area contributed by atoms with Gasteiger partial charge in [-0.2, -0.15) is 0 Å². The third-order valence-corrected chi connectivity index (χ3v) is 4.61. The van der Waals surface area contributed by atoms with Crippen molar-refractivity contribution in [2.45, 2.75) is 17.3 Å². The van der Waals surface area contributed by atoms with E-state index in [2.05, 4.69) is 22.1 Å². The fourth-order valence-electron chi connectivity index (χ4n) is 2.14. The molecule has 1 spiro atoms. The summed E-state index contributed by atoms with van der Waals surface area (Å²) in [4.78, 5) is 4.05. The van der Waals surface area contributed by atoms with E-state index in [1.54, 1.807) is 12.4 Å². The lowest BCUT2D eigenvalue weighted by molar-refractivity contribution is 0.194. The van der Waals surface area contributed by atoms with E-state index in [1.165, 1.54) is 6.42 Å². The van der Waals surface area contributed by atoms with E-state index in [4.69, 9.17) is 4.74 Å². The second-order valence-corrected chi connectivity index (χ2v) is 5.72. The van der Waals surface area contributed by atoms with E-state index >= 15 is 0 Å². The van der Waals surface area contributed by atoms with Crippen LogP contribution in [-0.4, -0.2) is 34.7 Å². The van der Waals surface area contributed by atoms with Gasteiger partial charge in [-0.25, -0.2) is 0 Å². The Morgan fingerprint density at radius 1 is 1.53 bits per heavy atom. The Morgan fingerprint density at radius 3 is 3.07 bits per heavy atom. The molecule has 80 valence electrons. The quantitative estimate of drug-likeness (QED) is 0.818. The third kappa shape index (κ3) is 1.84. The molecule has 0 amide bonds. The Labute approximate surface area is 93.6 Å². The van der Waals surface area contributed by atoms with Crippen molar-refractivity contribution in [1.82, 2.24) is 10.3 Å². The Balaban J connectivity index is 1.61. The van der Waals surface area contributed by atoms with E-state index in [9.17, 15) is 0 Å². The molecule has 0 aliphatic carbocycles. The molecule has 0 saturated carbocycles. The van der Waals surface area contributed by atoms with E-state index in [1.807, 2.05) is 12.1 Å². The molecule has 0 aromatic carbocycles. The number of aromatic nitrogens is 1. The van der Waals surface area contributed by atoms with Crippen LogP contribution in [0, 0.1) is 0 Å². The second-order valence-electron chi connectivity index (χ2n) is 4.23. The van der Waals surface area contributed by atoms with Crippen LogP contribution in [0.1, 0.15) is 6.42 Å². The summed E-state index contributed by atoms with van der Waals surface area (Å²) in [6, 6.07) is 3.89. The zero-order valence-corrected chi connectivity index (χ0v) is 9.30. The molecule has 2 aliphatic heterocycles. The standard InChI is InChI=1S/C11H14N2OS/c1-2-9(5-12-3-1)14-10-4-11(15-6-10)7-13-8-11/h1-3,5,10,13H,4,6-8H2. The highest BCUT2D eigenvalue weighted by Crippen LogP contribution is 2.42. The first-order valence-electron chi connectivity index (χ1n) is 5.28. The first kappa shape index (κ1) is 9.48. The van der Waals surface area contributed by atoms with Gasteiger partial charge in [0.05, 0.1) is 6.20 Å². The first-order valence-corrected chi connectivity index (χ1v) is 6.26. The van der Waals surface area contributed by atoms with Gasteiger partial charge < -0.3 is 10.1 Å². The van der Waals surface area contributed by atoms with Crippen LogP contribution >= 0.6 is 11.8 Å². The highest BCUT2D eigenvalue weighted by molar-refractivity contribution is 8.01. The van der Waals surface area contributed by atoms with Crippen LogP contribution in [0.15, 0.2) is 24.5 Å². The second kappa shape index (κ2) is 3.68. The normalized spacial score (nSPS) is 27.6. The number of hydrogen-bond acceptors (Lipinski definition) is 4. The van der Waals surface area contributed by atoms with E-state index in [0.29, 0.717) is 10.9 Å². The van der Waals surface area contributed by atoms with Crippen LogP contribution in [0.5, 0.6) is 5.75 Å². The van der Waals surface area contributed by atoms with Crippen molar-refractivity contribution < 1.29 is 4.74 Å². The highest BCUT2D eigenvalue weighted by Gasteiger charge is 2.45. The van der Waals surface area contributed by atoms with Gasteiger partial charge in [0.25, 0.3) is 0 Å². The smallest absolute Gasteiger partial charge is 0.138 e. The van der Waals surface area contributed by atoms with Gasteiger partial charge in [0, 0.05) is 36.2 Å². The molecule has 0 bridgehead atoms. The van der Waals surface area contributed by atoms with Gasteiger partial charge in [-0.1, -0.05) is 0 Å². The molecule has 2 saturated heterocycles. The van der Waals surface area contributed by atoms with Crippen LogP contribution in [0.4, 0.5) is 0 Å². The number of nitrogens with one attached hydrogen (secondary N) is 1. The Kier molecular flexibility index (Phi) is 2.33. The van der Waals surface area contributed by atoms with Crippen molar-refractivity contribution in [2.24, 2.45) is 0 Å². The van der Waals surface area contributed by atoms with Crippen LogP contribution in [0.3, 0.4) is 0 Å². The molecule has 3 rings (SSSR count). The van der Waals surface area contributed by atoms with Crippen molar-refractivity contribution in [3.05, 3.63) is 24.5 Å². The summed E-state index contributed by atoms with van der Waals surface area (Å²) in [5.74, 6) is 2.00. The van der Waals surface area contributed by atoms with Crippen LogP contribution in [0.2, 0.25) is 0 Å². The van der Waals surface area contributed by atoms with Gasteiger partial charge in [0.1, 0.15) is 11.9 Å². The highest BCUT2D eigenvalue weighted by atomic mass is 32.2. The lowest BCUT2D eigenvalue weighted by Gasteiger charge is -2.38. The van der Waals surface area contributed by atoms with Crippen LogP contribution < -0.4 is 10.1 Å². The fourth-order valence-corrected chi connectivity index (χ4v) is 3.58.